The highest BCUT2D eigenvalue weighted by atomic mass is 16.8. The Labute approximate surface area is 236 Å². The molecule has 0 bridgehead atoms. The van der Waals surface area contributed by atoms with Gasteiger partial charge in [0.1, 0.15) is 24.4 Å². The van der Waals surface area contributed by atoms with Crippen LogP contribution >= 0.6 is 0 Å². The summed E-state index contributed by atoms with van der Waals surface area (Å²) in [4.78, 5) is 6.41. The summed E-state index contributed by atoms with van der Waals surface area (Å²) in [7, 11) is 1.75. The molecule has 3 fully saturated rings. The third-order valence-corrected chi connectivity index (χ3v) is 8.12. The van der Waals surface area contributed by atoms with Crippen molar-refractivity contribution in [3.05, 3.63) is 108 Å². The smallest absolute Gasteiger partial charge is 0.164 e. The van der Waals surface area contributed by atoms with E-state index in [1.807, 2.05) is 56.3 Å². The Morgan fingerprint density at radius 3 is 1.75 bits per heavy atom. The van der Waals surface area contributed by atoms with E-state index in [9.17, 15) is 0 Å². The molecule has 212 valence electrons. The summed E-state index contributed by atoms with van der Waals surface area (Å²) in [6, 6.07) is 30.7. The number of hydroxylamine groups is 2. The van der Waals surface area contributed by atoms with Crippen LogP contribution in [0.25, 0.3) is 0 Å². The molecular weight excluding hydrogens is 506 g/mol. The predicted molar refractivity (Wildman–Crippen MR) is 150 cm³/mol. The van der Waals surface area contributed by atoms with Crippen molar-refractivity contribution in [3.8, 4) is 0 Å². The van der Waals surface area contributed by atoms with Crippen molar-refractivity contribution in [2.75, 3.05) is 13.7 Å². The van der Waals surface area contributed by atoms with Crippen molar-refractivity contribution >= 4 is 0 Å². The second kappa shape index (κ2) is 12.1. The van der Waals surface area contributed by atoms with E-state index in [1.165, 1.54) is 5.56 Å². The van der Waals surface area contributed by atoms with E-state index in [1.54, 1.807) is 7.11 Å². The minimum Gasteiger partial charge on any atom is -0.377 e. The van der Waals surface area contributed by atoms with Crippen LogP contribution in [0, 0.1) is 5.92 Å². The number of hydrogen-bond acceptors (Lipinski definition) is 7. The Kier molecular flexibility index (Phi) is 8.32. The molecule has 2 saturated heterocycles. The van der Waals surface area contributed by atoms with Crippen LogP contribution in [0.3, 0.4) is 0 Å². The highest BCUT2D eigenvalue weighted by molar-refractivity contribution is 5.17. The number of ether oxygens (including phenoxy) is 5. The maximum atomic E-state index is 6.75. The average molecular weight is 546 g/mol. The zero-order valence-corrected chi connectivity index (χ0v) is 23.4. The molecule has 7 atom stereocenters. The summed E-state index contributed by atoms with van der Waals surface area (Å²) < 4.78 is 33.0. The van der Waals surface area contributed by atoms with Gasteiger partial charge in [-0.1, -0.05) is 91.0 Å². The van der Waals surface area contributed by atoms with Gasteiger partial charge in [0.05, 0.1) is 32.0 Å². The molecule has 0 N–H and O–H groups in total. The van der Waals surface area contributed by atoms with Crippen molar-refractivity contribution in [2.45, 2.75) is 76.0 Å². The Morgan fingerprint density at radius 2 is 1.20 bits per heavy atom. The standard InChI is InChI=1S/C33H39NO6/c1-33(2)39-31-28(36-20-24-15-9-5-10-16-24)26-22-38-34(19-23-13-7-4-8-14-23)27(26)29(35-3)30(32(31)40-33)37-21-25-17-11-6-12-18-25/h4-18,26-32H,19-22H2,1-3H3/t26-,27-,28+,29+,30+,31+,32-/m0/s1. The summed E-state index contributed by atoms with van der Waals surface area (Å²) in [5.74, 6) is -0.806. The molecule has 3 aromatic rings. The van der Waals surface area contributed by atoms with E-state index in [0.717, 1.165) is 11.1 Å². The van der Waals surface area contributed by atoms with Gasteiger partial charge in [-0.25, -0.2) is 0 Å². The van der Waals surface area contributed by atoms with Gasteiger partial charge in [-0.3, -0.25) is 4.84 Å². The van der Waals surface area contributed by atoms with Crippen molar-refractivity contribution in [1.29, 1.82) is 0 Å². The minimum atomic E-state index is -0.785. The van der Waals surface area contributed by atoms with Crippen LogP contribution in [0.4, 0.5) is 0 Å². The van der Waals surface area contributed by atoms with E-state index >= 15 is 0 Å². The second-order valence-corrected chi connectivity index (χ2v) is 11.3. The summed E-state index contributed by atoms with van der Waals surface area (Å²) in [5.41, 5.74) is 3.37. The largest absolute Gasteiger partial charge is 0.377 e. The fourth-order valence-electron chi connectivity index (χ4n) is 6.36. The highest BCUT2D eigenvalue weighted by Gasteiger charge is 2.61. The lowest BCUT2D eigenvalue weighted by atomic mass is 9.90. The molecule has 6 rings (SSSR count). The average Bonchev–Trinajstić information content (AvgIpc) is 3.50. The molecule has 7 nitrogen and oxygen atoms in total. The molecule has 0 aromatic heterocycles. The summed E-state index contributed by atoms with van der Waals surface area (Å²) in [6.07, 6.45) is -1.77. The normalized spacial score (nSPS) is 31.4. The van der Waals surface area contributed by atoms with Crippen LogP contribution in [0.5, 0.6) is 0 Å². The molecule has 3 aliphatic rings. The summed E-state index contributed by atoms with van der Waals surface area (Å²) in [5, 5.41) is 2.05. The van der Waals surface area contributed by atoms with E-state index in [2.05, 4.69) is 53.6 Å². The monoisotopic (exact) mass is 545 g/mol. The molecule has 1 aliphatic carbocycles. The zero-order chi connectivity index (χ0) is 27.5. The maximum absolute atomic E-state index is 6.75. The number of hydrogen-bond donors (Lipinski definition) is 0. The van der Waals surface area contributed by atoms with Gasteiger partial charge in [0.25, 0.3) is 0 Å². The fraction of sp³-hybridized carbons (Fsp3) is 0.455. The zero-order valence-electron chi connectivity index (χ0n) is 23.4. The van der Waals surface area contributed by atoms with Gasteiger partial charge in [-0.15, -0.1) is 0 Å². The van der Waals surface area contributed by atoms with Crippen LogP contribution in [0.2, 0.25) is 0 Å². The Balaban J connectivity index is 1.35. The van der Waals surface area contributed by atoms with Gasteiger partial charge in [-0.2, -0.15) is 5.06 Å². The van der Waals surface area contributed by atoms with Crippen molar-refractivity contribution in [2.24, 2.45) is 5.92 Å². The van der Waals surface area contributed by atoms with Crippen LogP contribution in [0.15, 0.2) is 91.0 Å². The Morgan fingerprint density at radius 1 is 0.700 bits per heavy atom. The van der Waals surface area contributed by atoms with Crippen LogP contribution in [-0.2, 0) is 48.3 Å². The minimum absolute atomic E-state index is 0.0206. The number of rotatable bonds is 9. The molecule has 0 unspecified atom stereocenters. The first kappa shape index (κ1) is 27.5. The molecule has 0 amide bonds. The molecule has 2 aliphatic heterocycles. The quantitative estimate of drug-likeness (QED) is 0.369. The molecule has 3 aromatic carbocycles. The van der Waals surface area contributed by atoms with Crippen molar-refractivity contribution < 1.29 is 28.5 Å². The van der Waals surface area contributed by atoms with Gasteiger partial charge in [0, 0.05) is 19.6 Å². The number of fused-ring (bicyclic) bond motifs is 2. The first-order valence-corrected chi connectivity index (χ1v) is 14.2. The van der Waals surface area contributed by atoms with E-state index in [4.69, 9.17) is 28.5 Å². The first-order chi connectivity index (χ1) is 19.5. The molecule has 40 heavy (non-hydrogen) atoms. The van der Waals surface area contributed by atoms with E-state index in [0.29, 0.717) is 26.4 Å². The van der Waals surface area contributed by atoms with Crippen molar-refractivity contribution in [1.82, 2.24) is 5.06 Å². The SMILES string of the molecule is CO[C@H]1[C@@H](OCc2ccccc2)[C@@H]2OC(C)(C)O[C@@H]2[C@H](OCc2ccccc2)[C@H]2CON(Cc3ccccc3)[C@@H]21. The molecule has 1 saturated carbocycles. The summed E-state index contributed by atoms with van der Waals surface area (Å²) >= 11 is 0. The van der Waals surface area contributed by atoms with Crippen LogP contribution < -0.4 is 0 Å². The fourth-order valence-corrected chi connectivity index (χ4v) is 6.36. The number of benzene rings is 3. The first-order valence-electron chi connectivity index (χ1n) is 14.2. The third kappa shape index (κ3) is 5.87. The van der Waals surface area contributed by atoms with Gasteiger partial charge < -0.3 is 23.7 Å². The molecule has 2 heterocycles. The summed E-state index contributed by atoms with van der Waals surface area (Å²) in [6.45, 7) is 5.93. The second-order valence-electron chi connectivity index (χ2n) is 11.3. The molecule has 7 heteroatoms. The van der Waals surface area contributed by atoms with Crippen LogP contribution in [-0.4, -0.2) is 61.1 Å². The molecular formula is C33H39NO6. The maximum Gasteiger partial charge on any atom is 0.164 e. The number of nitrogens with zero attached hydrogens (tertiary/aromatic N) is 1. The lowest BCUT2D eigenvalue weighted by molar-refractivity contribution is -0.208. The van der Waals surface area contributed by atoms with Crippen LogP contribution in [0.1, 0.15) is 30.5 Å². The Bertz CT molecular complexity index is 1200. The van der Waals surface area contributed by atoms with Gasteiger partial charge in [0.15, 0.2) is 5.79 Å². The highest BCUT2D eigenvalue weighted by Crippen LogP contribution is 2.45. The number of methoxy groups -OCH3 is 1. The van der Waals surface area contributed by atoms with E-state index in [-0.39, 0.29) is 36.4 Å². The third-order valence-electron chi connectivity index (χ3n) is 8.12. The lowest BCUT2D eigenvalue weighted by Crippen LogP contribution is -2.52. The van der Waals surface area contributed by atoms with Gasteiger partial charge >= 0.3 is 0 Å². The molecule has 0 spiro atoms. The molecule has 0 radical (unpaired) electrons. The van der Waals surface area contributed by atoms with Gasteiger partial charge in [0.2, 0.25) is 0 Å². The van der Waals surface area contributed by atoms with Crippen molar-refractivity contribution in [3.63, 3.8) is 0 Å². The van der Waals surface area contributed by atoms with E-state index < -0.39 is 11.9 Å². The predicted octanol–water partition coefficient (Wildman–Crippen LogP) is 5.14. The lowest BCUT2D eigenvalue weighted by Gasteiger charge is -2.36. The Hall–Kier alpha value is -2.62. The topological polar surface area (TPSA) is 58.6 Å². The van der Waals surface area contributed by atoms with Gasteiger partial charge in [-0.05, 0) is 30.5 Å².